The summed E-state index contributed by atoms with van der Waals surface area (Å²) < 4.78 is 5.43. The van der Waals surface area contributed by atoms with Crippen LogP contribution in [0.2, 0.25) is 0 Å². The Balaban J connectivity index is 1.94. The lowest BCUT2D eigenvalue weighted by atomic mass is 10.0. The fraction of sp³-hybridized carbons (Fsp3) is 0.231. The van der Waals surface area contributed by atoms with Gasteiger partial charge >= 0.3 is 0 Å². The second-order valence-corrected chi connectivity index (χ2v) is 4.00. The Kier molecular flexibility index (Phi) is 2.49. The van der Waals surface area contributed by atoms with E-state index in [9.17, 15) is 5.11 Å². The van der Waals surface area contributed by atoms with Gasteiger partial charge < -0.3 is 9.84 Å². The summed E-state index contributed by atoms with van der Waals surface area (Å²) in [5.74, 6) is 0.920. The van der Waals surface area contributed by atoms with Crippen LogP contribution in [0.3, 0.4) is 0 Å². The van der Waals surface area contributed by atoms with Gasteiger partial charge in [0, 0.05) is 12.6 Å². The minimum absolute atomic E-state index is 0.610. The highest BCUT2D eigenvalue weighted by molar-refractivity contribution is 5.41. The number of hydrogen-bond acceptors (Lipinski definition) is 4. The first kappa shape index (κ1) is 10.2. The highest BCUT2D eigenvalue weighted by Crippen LogP contribution is 2.29. The minimum atomic E-state index is -0.705. The third-order valence-corrected chi connectivity index (χ3v) is 2.91. The van der Waals surface area contributed by atoms with Gasteiger partial charge in [-0.05, 0) is 29.3 Å². The zero-order valence-corrected chi connectivity index (χ0v) is 9.21. The first-order valence-corrected chi connectivity index (χ1v) is 5.54. The van der Waals surface area contributed by atoms with Crippen molar-refractivity contribution in [2.24, 2.45) is 0 Å². The molecule has 0 saturated carbocycles. The molecule has 17 heavy (non-hydrogen) atoms. The molecule has 0 aliphatic carbocycles. The Labute approximate surface area is 98.9 Å². The Bertz CT molecular complexity index is 528. The minimum Gasteiger partial charge on any atom is -0.493 e. The van der Waals surface area contributed by atoms with Crippen LogP contribution in [0.4, 0.5) is 0 Å². The third kappa shape index (κ3) is 1.87. The van der Waals surface area contributed by atoms with Crippen molar-refractivity contribution in [3.63, 3.8) is 0 Å². The van der Waals surface area contributed by atoms with Crippen LogP contribution in [0, 0.1) is 0 Å². The van der Waals surface area contributed by atoms with Crippen LogP contribution in [0.1, 0.15) is 22.9 Å². The van der Waals surface area contributed by atoms with Crippen LogP contribution in [0.25, 0.3) is 0 Å². The highest BCUT2D eigenvalue weighted by atomic mass is 16.5. The van der Waals surface area contributed by atoms with Gasteiger partial charge in [0.2, 0.25) is 0 Å². The summed E-state index contributed by atoms with van der Waals surface area (Å²) in [6, 6.07) is 7.47. The van der Waals surface area contributed by atoms with E-state index in [-0.39, 0.29) is 0 Å². The standard InChI is InChI=1S/C13H12N2O2/c16-13(11-3-5-14-8-15-11)10-1-2-12-9(7-10)4-6-17-12/h1-3,5,7-8,13,16H,4,6H2. The van der Waals surface area contributed by atoms with Crippen molar-refractivity contribution in [1.29, 1.82) is 0 Å². The molecule has 0 radical (unpaired) electrons. The molecule has 1 unspecified atom stereocenters. The van der Waals surface area contributed by atoms with Crippen LogP contribution >= 0.6 is 0 Å². The maximum absolute atomic E-state index is 10.2. The highest BCUT2D eigenvalue weighted by Gasteiger charge is 2.17. The van der Waals surface area contributed by atoms with Crippen LogP contribution in [-0.4, -0.2) is 21.7 Å². The first-order valence-electron chi connectivity index (χ1n) is 5.54. The molecular formula is C13H12N2O2. The van der Waals surface area contributed by atoms with Gasteiger partial charge in [0.15, 0.2) is 0 Å². The van der Waals surface area contributed by atoms with E-state index in [1.54, 1.807) is 12.3 Å². The van der Waals surface area contributed by atoms with E-state index in [0.29, 0.717) is 5.69 Å². The van der Waals surface area contributed by atoms with Crippen LogP contribution in [-0.2, 0) is 6.42 Å². The van der Waals surface area contributed by atoms with E-state index in [0.717, 1.165) is 29.9 Å². The average molecular weight is 228 g/mol. The van der Waals surface area contributed by atoms with E-state index in [4.69, 9.17) is 4.74 Å². The number of aliphatic hydroxyl groups is 1. The number of nitrogens with zero attached hydrogens (tertiary/aromatic N) is 2. The number of fused-ring (bicyclic) bond motifs is 1. The van der Waals surface area contributed by atoms with Gasteiger partial charge in [0.1, 0.15) is 18.2 Å². The molecule has 0 spiro atoms. The molecule has 4 nitrogen and oxygen atoms in total. The van der Waals surface area contributed by atoms with Crippen LogP contribution in [0.5, 0.6) is 5.75 Å². The average Bonchev–Trinajstić information content (AvgIpc) is 2.86. The molecule has 0 amide bonds. The van der Waals surface area contributed by atoms with E-state index < -0.39 is 6.10 Å². The predicted octanol–water partition coefficient (Wildman–Crippen LogP) is 1.49. The molecule has 2 aromatic rings. The molecule has 1 aliphatic heterocycles. The van der Waals surface area contributed by atoms with Gasteiger partial charge in [-0.3, -0.25) is 0 Å². The molecule has 1 aliphatic rings. The number of aliphatic hydroxyl groups excluding tert-OH is 1. The molecule has 0 bridgehead atoms. The zero-order valence-electron chi connectivity index (χ0n) is 9.21. The third-order valence-electron chi connectivity index (χ3n) is 2.91. The van der Waals surface area contributed by atoms with Crippen molar-refractivity contribution in [3.8, 4) is 5.75 Å². The number of ether oxygens (including phenoxy) is 1. The summed E-state index contributed by atoms with van der Waals surface area (Å²) in [4.78, 5) is 7.89. The quantitative estimate of drug-likeness (QED) is 0.846. The molecule has 2 heterocycles. The summed E-state index contributed by atoms with van der Waals surface area (Å²) in [5.41, 5.74) is 2.60. The molecule has 0 fully saturated rings. The normalized spacial score (nSPS) is 15.1. The lowest BCUT2D eigenvalue weighted by Gasteiger charge is -2.11. The topological polar surface area (TPSA) is 55.2 Å². The summed E-state index contributed by atoms with van der Waals surface area (Å²) in [5, 5.41) is 10.2. The van der Waals surface area contributed by atoms with E-state index in [1.807, 2.05) is 18.2 Å². The summed E-state index contributed by atoms with van der Waals surface area (Å²) in [7, 11) is 0. The first-order chi connectivity index (χ1) is 8.34. The van der Waals surface area contributed by atoms with E-state index >= 15 is 0 Å². The monoisotopic (exact) mass is 228 g/mol. The van der Waals surface area contributed by atoms with Gasteiger partial charge in [-0.2, -0.15) is 0 Å². The van der Waals surface area contributed by atoms with Crippen molar-refractivity contribution in [2.45, 2.75) is 12.5 Å². The lowest BCUT2D eigenvalue weighted by molar-refractivity contribution is 0.215. The lowest BCUT2D eigenvalue weighted by Crippen LogP contribution is -2.02. The fourth-order valence-corrected chi connectivity index (χ4v) is 2.01. The Morgan fingerprint density at radius 3 is 3.06 bits per heavy atom. The number of rotatable bonds is 2. The van der Waals surface area contributed by atoms with E-state index in [1.165, 1.54) is 6.33 Å². The van der Waals surface area contributed by atoms with E-state index in [2.05, 4.69) is 9.97 Å². The van der Waals surface area contributed by atoms with Crippen molar-refractivity contribution in [3.05, 3.63) is 53.6 Å². The van der Waals surface area contributed by atoms with Gasteiger partial charge in [-0.1, -0.05) is 6.07 Å². The smallest absolute Gasteiger partial charge is 0.122 e. The zero-order chi connectivity index (χ0) is 11.7. The van der Waals surface area contributed by atoms with Gasteiger partial charge in [-0.25, -0.2) is 9.97 Å². The van der Waals surface area contributed by atoms with Gasteiger partial charge in [0.05, 0.1) is 12.3 Å². The summed E-state index contributed by atoms with van der Waals surface area (Å²) in [6.45, 7) is 0.725. The molecule has 1 aromatic heterocycles. The van der Waals surface area contributed by atoms with Crippen LogP contribution in [0.15, 0.2) is 36.8 Å². The summed E-state index contributed by atoms with van der Waals surface area (Å²) in [6.07, 6.45) is 3.26. The van der Waals surface area contributed by atoms with Crippen molar-refractivity contribution >= 4 is 0 Å². The molecule has 4 heteroatoms. The molecule has 1 atom stereocenters. The molecular weight excluding hydrogens is 216 g/mol. The number of aromatic nitrogens is 2. The summed E-state index contributed by atoms with van der Waals surface area (Å²) >= 11 is 0. The molecule has 1 N–H and O–H groups in total. The van der Waals surface area contributed by atoms with Gasteiger partial charge in [-0.15, -0.1) is 0 Å². The SMILES string of the molecule is OC(c1ccc2c(c1)CCO2)c1ccncn1. The fourth-order valence-electron chi connectivity index (χ4n) is 2.01. The second-order valence-electron chi connectivity index (χ2n) is 4.00. The number of hydrogen-bond donors (Lipinski definition) is 1. The van der Waals surface area contributed by atoms with Gasteiger partial charge in [0.25, 0.3) is 0 Å². The predicted molar refractivity (Wildman–Crippen MR) is 61.7 cm³/mol. The molecule has 86 valence electrons. The van der Waals surface area contributed by atoms with Crippen LogP contribution < -0.4 is 4.74 Å². The molecule has 3 rings (SSSR count). The second kappa shape index (κ2) is 4.14. The van der Waals surface area contributed by atoms with Crippen molar-refractivity contribution < 1.29 is 9.84 Å². The largest absolute Gasteiger partial charge is 0.493 e. The Morgan fingerprint density at radius 1 is 1.29 bits per heavy atom. The molecule has 1 aromatic carbocycles. The Morgan fingerprint density at radius 2 is 2.24 bits per heavy atom. The van der Waals surface area contributed by atoms with Crippen molar-refractivity contribution in [2.75, 3.05) is 6.61 Å². The maximum Gasteiger partial charge on any atom is 0.122 e. The maximum atomic E-state index is 10.2. The number of benzene rings is 1. The van der Waals surface area contributed by atoms with Crippen molar-refractivity contribution in [1.82, 2.24) is 9.97 Å². The Hall–Kier alpha value is -1.94. The molecule has 0 saturated heterocycles.